The third kappa shape index (κ3) is 5.89. The maximum atomic E-state index is 11.5. The van der Waals surface area contributed by atoms with Crippen LogP contribution in [0.4, 0.5) is 5.69 Å². The Morgan fingerprint density at radius 1 is 1.35 bits per heavy atom. The van der Waals surface area contributed by atoms with Crippen molar-refractivity contribution in [1.29, 1.82) is 0 Å². The van der Waals surface area contributed by atoms with Crippen LogP contribution in [-0.4, -0.2) is 39.9 Å². The number of para-hydroxylation sites is 2. The van der Waals surface area contributed by atoms with E-state index in [4.69, 9.17) is 10.5 Å². The summed E-state index contributed by atoms with van der Waals surface area (Å²) in [5, 5.41) is 0. The minimum absolute atomic E-state index is 0.0378. The second kappa shape index (κ2) is 7.71. The van der Waals surface area contributed by atoms with Crippen LogP contribution in [0.5, 0.6) is 5.75 Å². The predicted octanol–water partition coefficient (Wildman–Crippen LogP) is 0.130. The Morgan fingerprint density at radius 3 is 2.70 bits per heavy atom. The van der Waals surface area contributed by atoms with Crippen molar-refractivity contribution in [1.82, 2.24) is 4.72 Å². The van der Waals surface area contributed by atoms with Crippen LogP contribution in [0.1, 0.15) is 6.92 Å². The molecule has 0 aliphatic heterocycles. The van der Waals surface area contributed by atoms with Crippen LogP contribution in [0, 0.1) is 0 Å². The molecule has 0 aliphatic carbocycles. The third-order valence-corrected chi connectivity index (χ3v) is 3.47. The van der Waals surface area contributed by atoms with Gasteiger partial charge in [0.15, 0.2) is 5.75 Å². The molecule has 0 fully saturated rings. The second-order valence-electron chi connectivity index (χ2n) is 3.84. The first-order valence-corrected chi connectivity index (χ1v) is 7.70. The molecule has 0 bridgehead atoms. The molecule has 1 rings (SSSR count). The molecule has 0 radical (unpaired) electrons. The summed E-state index contributed by atoms with van der Waals surface area (Å²) in [4.78, 5) is 11.1. The zero-order valence-corrected chi connectivity index (χ0v) is 12.0. The number of nitrogen functional groups attached to an aromatic ring is 1. The van der Waals surface area contributed by atoms with Crippen LogP contribution in [0.25, 0.3) is 0 Å². The van der Waals surface area contributed by atoms with E-state index in [1.165, 1.54) is 0 Å². The lowest BCUT2D eigenvalue weighted by Crippen LogP contribution is -2.33. The molecule has 0 saturated carbocycles. The van der Waals surface area contributed by atoms with E-state index >= 15 is 0 Å². The standard InChI is InChI=1S/C12H18N2O5S/c1-2-18-12(15)9-20(16,17)14-7-8-19-11-6-4-3-5-10(11)13/h3-6,14H,2,7-9,13H2,1H3. The summed E-state index contributed by atoms with van der Waals surface area (Å²) < 4.78 is 35.1. The molecule has 8 heteroatoms. The SMILES string of the molecule is CCOC(=O)CS(=O)(=O)NCCOc1ccccc1N. The van der Waals surface area contributed by atoms with Crippen molar-refractivity contribution in [3.05, 3.63) is 24.3 Å². The van der Waals surface area contributed by atoms with Crippen molar-refractivity contribution in [2.24, 2.45) is 0 Å². The van der Waals surface area contributed by atoms with Gasteiger partial charge in [0.2, 0.25) is 10.0 Å². The number of ether oxygens (including phenoxy) is 2. The van der Waals surface area contributed by atoms with Crippen LogP contribution >= 0.6 is 0 Å². The third-order valence-electron chi connectivity index (χ3n) is 2.21. The normalized spacial score (nSPS) is 11.1. The first kappa shape index (κ1) is 16.3. The average molecular weight is 302 g/mol. The van der Waals surface area contributed by atoms with Crippen LogP contribution in [-0.2, 0) is 19.6 Å². The minimum Gasteiger partial charge on any atom is -0.490 e. The lowest BCUT2D eigenvalue weighted by molar-refractivity contribution is -0.139. The number of anilines is 1. The highest BCUT2D eigenvalue weighted by Crippen LogP contribution is 2.19. The molecular weight excluding hydrogens is 284 g/mol. The number of benzene rings is 1. The summed E-state index contributed by atoms with van der Waals surface area (Å²) in [6, 6.07) is 6.89. The van der Waals surface area contributed by atoms with Crippen molar-refractivity contribution in [3.63, 3.8) is 0 Å². The summed E-state index contributed by atoms with van der Waals surface area (Å²) in [5.74, 6) is -1.00. The van der Waals surface area contributed by atoms with Gasteiger partial charge < -0.3 is 15.2 Å². The van der Waals surface area contributed by atoms with Crippen molar-refractivity contribution in [2.45, 2.75) is 6.92 Å². The van der Waals surface area contributed by atoms with Gasteiger partial charge in [-0.1, -0.05) is 12.1 Å². The number of rotatable bonds is 8. The van der Waals surface area contributed by atoms with E-state index in [1.807, 2.05) is 0 Å². The van der Waals surface area contributed by atoms with Crippen LogP contribution in [0.15, 0.2) is 24.3 Å². The van der Waals surface area contributed by atoms with E-state index in [-0.39, 0.29) is 19.8 Å². The molecule has 0 unspecified atom stereocenters. The number of nitrogens with one attached hydrogen (secondary N) is 1. The van der Waals surface area contributed by atoms with Crippen LogP contribution in [0.2, 0.25) is 0 Å². The minimum atomic E-state index is -3.70. The fourth-order valence-corrected chi connectivity index (χ4v) is 2.27. The van der Waals surface area contributed by atoms with E-state index in [1.54, 1.807) is 31.2 Å². The highest BCUT2D eigenvalue weighted by molar-refractivity contribution is 7.90. The quantitative estimate of drug-likeness (QED) is 0.401. The Labute approximate surface area is 118 Å². The van der Waals surface area contributed by atoms with Gasteiger partial charge in [-0.2, -0.15) is 0 Å². The largest absolute Gasteiger partial charge is 0.490 e. The first-order chi connectivity index (χ1) is 9.44. The molecular formula is C12H18N2O5S. The average Bonchev–Trinajstić information content (AvgIpc) is 2.36. The molecule has 1 aromatic rings. The van der Waals surface area contributed by atoms with E-state index in [9.17, 15) is 13.2 Å². The Hall–Kier alpha value is -1.80. The smallest absolute Gasteiger partial charge is 0.322 e. The van der Waals surface area contributed by atoms with E-state index in [2.05, 4.69) is 9.46 Å². The highest BCUT2D eigenvalue weighted by Gasteiger charge is 2.16. The fraction of sp³-hybridized carbons (Fsp3) is 0.417. The van der Waals surface area contributed by atoms with Crippen LogP contribution in [0.3, 0.4) is 0 Å². The molecule has 1 aromatic carbocycles. The van der Waals surface area contributed by atoms with Gasteiger partial charge in [0.25, 0.3) is 0 Å². The summed E-state index contributed by atoms with van der Waals surface area (Å²) in [5.41, 5.74) is 6.14. The van der Waals surface area contributed by atoms with Gasteiger partial charge in [-0.15, -0.1) is 0 Å². The Bertz CT molecular complexity index is 545. The van der Waals surface area contributed by atoms with Crippen molar-refractivity contribution >= 4 is 21.7 Å². The Kier molecular flexibility index (Phi) is 6.26. The topological polar surface area (TPSA) is 108 Å². The molecule has 0 atom stereocenters. The zero-order chi connectivity index (χ0) is 15.0. The van der Waals surface area contributed by atoms with Crippen molar-refractivity contribution in [3.8, 4) is 5.75 Å². The molecule has 112 valence electrons. The van der Waals surface area contributed by atoms with Crippen molar-refractivity contribution < 1.29 is 22.7 Å². The molecule has 0 aliphatic rings. The molecule has 0 amide bonds. The number of nitrogens with two attached hydrogens (primary N) is 1. The van der Waals surface area contributed by atoms with Gasteiger partial charge in [-0.05, 0) is 19.1 Å². The zero-order valence-electron chi connectivity index (χ0n) is 11.2. The van der Waals surface area contributed by atoms with E-state index < -0.39 is 21.7 Å². The maximum Gasteiger partial charge on any atom is 0.322 e. The monoisotopic (exact) mass is 302 g/mol. The fourth-order valence-electron chi connectivity index (χ4n) is 1.38. The van der Waals surface area contributed by atoms with E-state index in [0.717, 1.165) is 0 Å². The lowest BCUT2D eigenvalue weighted by Gasteiger charge is -2.09. The number of carbonyl (C=O) groups is 1. The van der Waals surface area contributed by atoms with Gasteiger partial charge >= 0.3 is 5.97 Å². The molecule has 7 nitrogen and oxygen atoms in total. The van der Waals surface area contributed by atoms with Gasteiger partial charge in [-0.25, -0.2) is 13.1 Å². The van der Waals surface area contributed by atoms with Crippen molar-refractivity contribution in [2.75, 3.05) is 31.2 Å². The molecule has 20 heavy (non-hydrogen) atoms. The Morgan fingerprint density at radius 2 is 2.05 bits per heavy atom. The number of esters is 1. The summed E-state index contributed by atoms with van der Waals surface area (Å²) in [6.07, 6.45) is 0. The highest BCUT2D eigenvalue weighted by atomic mass is 32.2. The van der Waals surface area contributed by atoms with Gasteiger partial charge in [0, 0.05) is 6.54 Å². The molecule has 0 aromatic heterocycles. The first-order valence-electron chi connectivity index (χ1n) is 6.05. The van der Waals surface area contributed by atoms with E-state index in [0.29, 0.717) is 11.4 Å². The second-order valence-corrected chi connectivity index (χ2v) is 5.65. The van der Waals surface area contributed by atoms with Gasteiger partial charge in [0.05, 0.1) is 12.3 Å². The predicted molar refractivity (Wildman–Crippen MR) is 74.8 cm³/mol. The van der Waals surface area contributed by atoms with Gasteiger partial charge in [-0.3, -0.25) is 4.79 Å². The maximum absolute atomic E-state index is 11.5. The van der Waals surface area contributed by atoms with Gasteiger partial charge in [0.1, 0.15) is 12.4 Å². The number of hydrogen-bond donors (Lipinski definition) is 2. The molecule has 3 N–H and O–H groups in total. The summed E-state index contributed by atoms with van der Waals surface area (Å²) in [7, 11) is -3.70. The molecule has 0 heterocycles. The number of sulfonamides is 1. The molecule has 0 spiro atoms. The molecule has 0 saturated heterocycles. The summed E-state index contributed by atoms with van der Waals surface area (Å²) in [6.45, 7) is 1.90. The lowest BCUT2D eigenvalue weighted by atomic mass is 10.3. The number of carbonyl (C=O) groups excluding carboxylic acids is 1. The Balaban J connectivity index is 2.33. The number of hydrogen-bond acceptors (Lipinski definition) is 6. The summed E-state index contributed by atoms with van der Waals surface area (Å²) >= 11 is 0. The van der Waals surface area contributed by atoms with Crippen LogP contribution < -0.4 is 15.2 Å².